The number of benzene rings is 2. The first kappa shape index (κ1) is 174. The first-order valence-corrected chi connectivity index (χ1v) is 51.8. The minimum absolute atomic E-state index is 0. The minimum atomic E-state index is -3.94. The molecule has 0 bridgehead atoms. The zero-order valence-electron chi connectivity index (χ0n) is 69.1. The monoisotopic (exact) mass is 1950 g/mol. The van der Waals surface area contributed by atoms with Gasteiger partial charge in [-0.25, -0.2) is 0 Å². The molecule has 126 heavy (non-hydrogen) atoms. The lowest BCUT2D eigenvalue weighted by atomic mass is 10.2. The Morgan fingerprint density at radius 2 is 0.405 bits per heavy atom. The van der Waals surface area contributed by atoms with Crippen LogP contribution < -0.4 is 0 Å². The van der Waals surface area contributed by atoms with Crippen molar-refractivity contribution in [2.24, 2.45) is 0 Å². The summed E-state index contributed by atoms with van der Waals surface area (Å²) in [6.07, 6.45) is -1.46. The van der Waals surface area contributed by atoms with Crippen LogP contribution in [0.1, 0.15) is 243 Å². The maximum absolute atomic E-state index is 12.5. The molecule has 2 N–H and O–H groups in total. The Bertz CT molecular complexity index is 2590. The second kappa shape index (κ2) is 91.1. The number of hydrogen-bond acceptors (Lipinski definition) is 26. The maximum Gasteiger partial charge on any atom is 0.297 e. The summed E-state index contributed by atoms with van der Waals surface area (Å²) in [7, 11) is -15.3. The Morgan fingerprint density at radius 3 is 0.571 bits per heavy atom. The van der Waals surface area contributed by atoms with Crippen molar-refractivity contribution in [1.82, 2.24) is 0 Å². The van der Waals surface area contributed by atoms with Gasteiger partial charge in [0, 0.05) is 0 Å². The highest BCUT2D eigenvalue weighted by molar-refractivity contribution is 7.87. The van der Waals surface area contributed by atoms with Gasteiger partial charge in [-0.2, -0.15) is 16.8 Å². The third kappa shape index (κ3) is 79.7. The third-order valence-electron chi connectivity index (χ3n) is 18.8. The van der Waals surface area contributed by atoms with Crippen molar-refractivity contribution in [2.75, 3.05) is 211 Å². The van der Waals surface area contributed by atoms with E-state index < -0.39 is 59.6 Å². The Labute approximate surface area is 791 Å². The molecule has 32 heteroatoms. The van der Waals surface area contributed by atoms with Crippen molar-refractivity contribution < 1.29 is 119 Å². The molecule has 2 rings (SSSR count). The minimum Gasteiger partial charge on any atom is -0.414 e. The van der Waals surface area contributed by atoms with Crippen molar-refractivity contribution in [3.63, 3.8) is 0 Å². The van der Waals surface area contributed by atoms with Gasteiger partial charge < -0.3 is 94.2 Å². The Hall–Kier alpha value is -1.67. The Balaban J connectivity index is -0.0000000896. The molecule has 0 aromatic heterocycles. The van der Waals surface area contributed by atoms with E-state index in [0.717, 1.165) is 11.1 Å². The molecule has 784 valence electrons. The van der Waals surface area contributed by atoms with E-state index in [-0.39, 0.29) is 276 Å². The topological polar surface area (TPSA) is 293 Å². The average Bonchev–Trinajstić information content (AvgIpc) is 0.885. The molecule has 0 aliphatic heterocycles. The molecule has 2 aromatic rings. The first-order valence-electron chi connectivity index (χ1n) is 37.4. The number of aliphatic hydroxyl groups is 2. The van der Waals surface area contributed by atoms with Gasteiger partial charge in [-0.1, -0.05) is 267 Å². The van der Waals surface area contributed by atoms with Gasteiger partial charge in [-0.15, -0.1) is 0 Å². The highest BCUT2D eigenvalue weighted by atomic mass is 32.2. The molecule has 2 aromatic carbocycles. The molecule has 0 radical (unpaired) electrons. The van der Waals surface area contributed by atoms with Crippen LogP contribution in [0.4, 0.5) is 0 Å². The van der Waals surface area contributed by atoms with Crippen LogP contribution in [0.5, 0.6) is 0 Å². The molecule has 0 aliphatic carbocycles. The molecule has 0 saturated carbocycles. The van der Waals surface area contributed by atoms with Crippen LogP contribution in [0, 0.1) is 13.8 Å². The molecule has 0 unspecified atom stereocenters. The summed E-state index contributed by atoms with van der Waals surface area (Å²) in [5, 5.41) is 18.3. The third-order valence-corrected chi connectivity index (χ3v) is 39.6. The second-order valence-corrected chi connectivity index (χ2v) is 54.3. The summed E-state index contributed by atoms with van der Waals surface area (Å²) >= 11 is 0. The fourth-order valence-corrected chi connectivity index (χ4v) is 13.9. The van der Waals surface area contributed by atoms with E-state index in [2.05, 4.69) is 135 Å². The summed E-state index contributed by atoms with van der Waals surface area (Å²) in [5.41, 5.74) is 1.86. The summed E-state index contributed by atoms with van der Waals surface area (Å²) in [5.74, 6) is 0. The van der Waals surface area contributed by atoms with Crippen molar-refractivity contribution >= 4 is 53.5 Å². The van der Waals surface area contributed by atoms with Crippen LogP contribution in [0.3, 0.4) is 0 Å². The van der Waals surface area contributed by atoms with Crippen molar-refractivity contribution in [3.05, 3.63) is 59.7 Å². The Kier molecular flexibility index (Phi) is 126. The van der Waals surface area contributed by atoms with Gasteiger partial charge in [-0.3, -0.25) is 8.37 Å². The quantitative estimate of drug-likeness (QED) is 0.0353. The number of hydrogen-bond donors (Lipinski definition) is 2. The summed E-state index contributed by atoms with van der Waals surface area (Å²) in [6.45, 7) is 56.7. The largest absolute Gasteiger partial charge is 0.414 e. The van der Waals surface area contributed by atoms with E-state index in [4.69, 9.17) is 103 Å². The fourth-order valence-electron chi connectivity index (χ4n) is 7.96. The van der Waals surface area contributed by atoms with Crippen LogP contribution in [-0.4, -0.2) is 296 Å². The van der Waals surface area contributed by atoms with Gasteiger partial charge >= 0.3 is 0 Å². The Morgan fingerprint density at radius 1 is 0.246 bits per heavy atom. The van der Waals surface area contributed by atoms with Gasteiger partial charge in [0.2, 0.25) is 0 Å². The molecule has 0 amide bonds. The van der Waals surface area contributed by atoms with E-state index in [9.17, 15) is 16.8 Å². The highest BCUT2D eigenvalue weighted by Gasteiger charge is 2.40. The average molecular weight is 1950 g/mol. The molecule has 0 saturated heterocycles. The van der Waals surface area contributed by atoms with Crippen molar-refractivity contribution in [1.29, 1.82) is 0 Å². The van der Waals surface area contributed by atoms with Gasteiger partial charge in [0.1, 0.15) is 24.4 Å². The predicted molar refractivity (Wildman–Crippen MR) is 557 cm³/mol. The van der Waals surface area contributed by atoms with Crippen molar-refractivity contribution in [3.8, 4) is 0 Å². The normalized spacial score (nSPS) is 11.3. The van der Waals surface area contributed by atoms with Crippen LogP contribution in [0.25, 0.3) is 0 Å². The number of aryl methyl sites for hydroxylation is 2. The summed E-state index contributed by atoms with van der Waals surface area (Å²) in [6, 6.07) is 12.7. The van der Waals surface area contributed by atoms with Crippen LogP contribution >= 0.6 is 0 Å². The number of aliphatic hydroxyl groups excluding tert-OH is 2. The van der Waals surface area contributed by atoms with Gasteiger partial charge in [0.05, 0.1) is 221 Å². The van der Waals surface area contributed by atoms with Crippen LogP contribution in [0.2, 0.25) is 72.5 Å². The summed E-state index contributed by atoms with van der Waals surface area (Å²) in [4.78, 5) is 0.115. The lowest BCUT2D eigenvalue weighted by Crippen LogP contribution is -2.42. The molecular formula is C94H224O26S2Si4. The van der Waals surface area contributed by atoms with Gasteiger partial charge in [-0.05, 0) is 111 Å². The van der Waals surface area contributed by atoms with E-state index >= 15 is 0 Å². The van der Waals surface area contributed by atoms with Crippen molar-refractivity contribution in [2.45, 2.75) is 352 Å². The van der Waals surface area contributed by atoms with Gasteiger partial charge in [0.15, 0.2) is 33.3 Å². The van der Waals surface area contributed by atoms with E-state index in [1.165, 1.54) is 24.3 Å². The zero-order chi connectivity index (χ0) is 80.0. The number of ether oxygens (including phenoxy) is 14. The maximum atomic E-state index is 12.5. The van der Waals surface area contributed by atoms with E-state index in [1.54, 1.807) is 24.3 Å². The van der Waals surface area contributed by atoms with Gasteiger partial charge in [0.25, 0.3) is 20.2 Å². The zero-order valence-corrected chi connectivity index (χ0v) is 74.7. The van der Waals surface area contributed by atoms with Crippen LogP contribution in [0.15, 0.2) is 58.3 Å². The van der Waals surface area contributed by atoms with E-state index in [1.807, 2.05) is 13.8 Å². The second-order valence-electron chi connectivity index (χ2n) is 31.9. The SMILES string of the molecule is C.C.C.C.C.C.C.C.C.C.C.C.C.C.C.C.C.C.C.C.CC(C)(C)[Si](C)(C)OCCOCC(COCCO[Si](C)(C)C(C)(C)C)OCCOCCOC(COCCO)COCCO.Cc1ccc(S(=O)(=O)OCCOCC(COCCOS(=O)(=O)c2ccc(C)cc2)OCCOCCOC(COCCO[Si](C)(C)C(C)(C)C)COCCO[Si](C)(C)C(C)(C)C)cc1. The number of rotatable bonds is 62. The van der Waals surface area contributed by atoms with Crippen LogP contribution in [-0.2, 0) is 113 Å². The lowest BCUT2D eigenvalue weighted by molar-refractivity contribution is -0.0925. The predicted octanol–water partition coefficient (Wildman–Crippen LogP) is 23.9. The molecule has 26 nitrogen and oxygen atoms in total. The molecule has 0 fully saturated rings. The highest BCUT2D eigenvalue weighted by Crippen LogP contribution is 2.39. The summed E-state index contributed by atoms with van der Waals surface area (Å²) < 4.78 is 167. The molecular weight excluding hydrogens is 1720 g/mol. The van der Waals surface area contributed by atoms with E-state index in [0.29, 0.717) is 132 Å². The molecule has 0 atom stereocenters. The molecule has 0 aliphatic rings. The molecule has 0 heterocycles. The first-order chi connectivity index (χ1) is 49.4. The standard InChI is InChI=1S/C44H78O15S2Si2.C30H66O11Si2.20CH4/c1-37-13-17-41(18-14-37)60(45,46)56-29-23-50-33-39(34-51-24-30-57-61(47,48)42-19-15-38(2)16-20-42)54-27-21-49-22-28-55-40(35-52-25-31-58-62(9,10)43(3,4)5)36-53-26-32-59-63(11,12)44(6,7)8;1-29(2,3)42(7,8)40-21-17-36-25-28(26-37-18-22-41-43(9,10)30(4,5)6)39-20-16-33-15-19-38-27(23-34-13-11-31)24-35-14-12-32;;;;;;;;;;;;;;;;;;;;/h13-20,39-40H,21-36H2,1-12H3;27-28,31-32H,11-26H2,1-10H3;20*1H4. The fraction of sp³-hybridized carbons (Fsp3) is 0.872. The smallest absolute Gasteiger partial charge is 0.297 e. The lowest BCUT2D eigenvalue weighted by Gasteiger charge is -2.36. The molecule has 0 spiro atoms.